The quantitative estimate of drug-likeness (QED) is 0.451. The molecule has 1 N–H and O–H groups in total. The second-order valence-corrected chi connectivity index (χ2v) is 12.1. The zero-order chi connectivity index (χ0) is 26.5. The number of amides is 2. The summed E-state index contributed by atoms with van der Waals surface area (Å²) in [7, 11) is -3.86. The first-order valence-electron chi connectivity index (χ1n) is 12.1. The van der Waals surface area contributed by atoms with Crippen molar-refractivity contribution >= 4 is 50.7 Å². The zero-order valence-corrected chi connectivity index (χ0v) is 23.2. The minimum Gasteiger partial charge on any atom is -0.352 e. The maximum Gasteiger partial charge on any atom is 0.244 e. The maximum absolute atomic E-state index is 13.7. The molecule has 0 spiro atoms. The van der Waals surface area contributed by atoms with E-state index in [1.807, 2.05) is 38.1 Å². The van der Waals surface area contributed by atoms with Crippen LogP contribution in [0.15, 0.2) is 42.5 Å². The highest BCUT2D eigenvalue weighted by molar-refractivity contribution is 7.92. The molecule has 0 radical (unpaired) electrons. The second-order valence-electron chi connectivity index (χ2n) is 9.32. The van der Waals surface area contributed by atoms with E-state index in [0.29, 0.717) is 6.42 Å². The molecule has 2 amide bonds. The molecule has 10 heteroatoms. The third-order valence-electron chi connectivity index (χ3n) is 6.38. The molecule has 1 atom stereocenters. The van der Waals surface area contributed by atoms with Crippen molar-refractivity contribution in [1.82, 2.24) is 10.2 Å². The lowest BCUT2D eigenvalue weighted by Crippen LogP contribution is -2.53. The van der Waals surface area contributed by atoms with Crippen molar-refractivity contribution in [2.75, 3.05) is 17.1 Å². The Hall–Kier alpha value is -2.29. The van der Waals surface area contributed by atoms with Gasteiger partial charge >= 0.3 is 0 Å². The lowest BCUT2D eigenvalue weighted by molar-refractivity contribution is -0.140. The Morgan fingerprint density at radius 3 is 2.17 bits per heavy atom. The first-order chi connectivity index (χ1) is 17.0. The van der Waals surface area contributed by atoms with Crippen LogP contribution < -0.4 is 9.62 Å². The van der Waals surface area contributed by atoms with Gasteiger partial charge in [-0.25, -0.2) is 8.42 Å². The Balaban J connectivity index is 1.93. The lowest BCUT2D eigenvalue weighted by Gasteiger charge is -2.33. The number of anilines is 1. The van der Waals surface area contributed by atoms with Crippen molar-refractivity contribution in [3.05, 3.63) is 63.6 Å². The number of carbonyl (C=O) groups excluding carboxylic acids is 2. The van der Waals surface area contributed by atoms with Crippen molar-refractivity contribution in [3.8, 4) is 0 Å². The summed E-state index contributed by atoms with van der Waals surface area (Å²) in [5.41, 5.74) is 2.10. The highest BCUT2D eigenvalue weighted by atomic mass is 35.5. The van der Waals surface area contributed by atoms with Gasteiger partial charge in [-0.2, -0.15) is 0 Å². The van der Waals surface area contributed by atoms with Crippen LogP contribution in [0.25, 0.3) is 0 Å². The Labute approximate surface area is 223 Å². The topological polar surface area (TPSA) is 86.8 Å². The Bertz CT molecular complexity index is 1160. The van der Waals surface area contributed by atoms with E-state index >= 15 is 0 Å². The maximum atomic E-state index is 13.7. The van der Waals surface area contributed by atoms with E-state index in [9.17, 15) is 18.0 Å². The van der Waals surface area contributed by atoms with Gasteiger partial charge in [0.2, 0.25) is 21.8 Å². The van der Waals surface area contributed by atoms with Crippen LogP contribution in [0.5, 0.6) is 0 Å². The van der Waals surface area contributed by atoms with Crippen LogP contribution >= 0.6 is 23.2 Å². The monoisotopic (exact) mass is 553 g/mol. The largest absolute Gasteiger partial charge is 0.352 e. The van der Waals surface area contributed by atoms with Crippen molar-refractivity contribution in [2.24, 2.45) is 0 Å². The van der Waals surface area contributed by atoms with Crippen molar-refractivity contribution < 1.29 is 18.0 Å². The minimum absolute atomic E-state index is 0.101. The molecule has 0 heterocycles. The van der Waals surface area contributed by atoms with Gasteiger partial charge in [-0.05, 0) is 49.9 Å². The SMILES string of the molecule is CC[C@@H](C(=O)NC1CCCC1)N(Cc1ccc(C)cc1)C(=O)CN(c1cc(Cl)cc(Cl)c1)S(C)(=O)=O. The van der Waals surface area contributed by atoms with Gasteiger partial charge < -0.3 is 10.2 Å². The van der Waals surface area contributed by atoms with E-state index in [1.54, 1.807) is 0 Å². The van der Waals surface area contributed by atoms with E-state index in [1.165, 1.54) is 23.1 Å². The van der Waals surface area contributed by atoms with Gasteiger partial charge in [0, 0.05) is 22.6 Å². The lowest BCUT2D eigenvalue weighted by atomic mass is 10.1. The van der Waals surface area contributed by atoms with Gasteiger partial charge in [0.1, 0.15) is 12.6 Å². The first kappa shape index (κ1) is 28.3. The molecule has 196 valence electrons. The average Bonchev–Trinajstić information content (AvgIpc) is 3.30. The number of aryl methyl sites for hydroxylation is 1. The van der Waals surface area contributed by atoms with E-state index in [-0.39, 0.29) is 34.2 Å². The Morgan fingerprint density at radius 1 is 1.06 bits per heavy atom. The molecule has 0 saturated heterocycles. The highest BCUT2D eigenvalue weighted by Crippen LogP contribution is 2.27. The van der Waals surface area contributed by atoms with E-state index in [2.05, 4.69) is 5.32 Å². The first-order valence-corrected chi connectivity index (χ1v) is 14.7. The predicted octanol–water partition coefficient (Wildman–Crippen LogP) is 4.93. The molecule has 0 unspecified atom stereocenters. The van der Waals surface area contributed by atoms with Crippen LogP contribution in [-0.2, 0) is 26.2 Å². The number of hydrogen-bond acceptors (Lipinski definition) is 4. The summed E-state index contributed by atoms with van der Waals surface area (Å²) in [6.07, 6.45) is 5.39. The number of nitrogens with zero attached hydrogens (tertiary/aromatic N) is 2. The van der Waals surface area contributed by atoms with Gasteiger partial charge in [0.15, 0.2) is 0 Å². The Kier molecular flexibility index (Phi) is 9.66. The van der Waals surface area contributed by atoms with Crippen molar-refractivity contribution in [1.29, 1.82) is 0 Å². The van der Waals surface area contributed by atoms with Gasteiger partial charge in [-0.3, -0.25) is 13.9 Å². The van der Waals surface area contributed by atoms with Crippen molar-refractivity contribution in [2.45, 2.75) is 64.6 Å². The van der Waals surface area contributed by atoms with Gasteiger partial charge in [-0.1, -0.05) is 72.8 Å². The molecule has 1 aliphatic carbocycles. The van der Waals surface area contributed by atoms with Crippen LogP contribution in [0.3, 0.4) is 0 Å². The third-order valence-corrected chi connectivity index (χ3v) is 7.95. The smallest absolute Gasteiger partial charge is 0.244 e. The molecular weight excluding hydrogens is 521 g/mol. The van der Waals surface area contributed by atoms with E-state index in [0.717, 1.165) is 47.4 Å². The summed E-state index contributed by atoms with van der Waals surface area (Å²) in [6.45, 7) is 3.49. The molecule has 1 saturated carbocycles. The Morgan fingerprint density at radius 2 is 1.64 bits per heavy atom. The molecule has 36 heavy (non-hydrogen) atoms. The third kappa shape index (κ3) is 7.60. The number of rotatable bonds is 10. The molecule has 0 aliphatic heterocycles. The number of hydrogen-bond donors (Lipinski definition) is 1. The molecular formula is C26H33Cl2N3O4S. The fourth-order valence-corrected chi connectivity index (χ4v) is 5.82. The van der Waals surface area contributed by atoms with Gasteiger partial charge in [0.05, 0.1) is 11.9 Å². The van der Waals surface area contributed by atoms with Crippen LogP contribution in [0, 0.1) is 6.92 Å². The normalized spacial score (nSPS) is 14.9. The van der Waals surface area contributed by atoms with Crippen molar-refractivity contribution in [3.63, 3.8) is 0 Å². The van der Waals surface area contributed by atoms with E-state index < -0.39 is 28.5 Å². The second kappa shape index (κ2) is 12.3. The fourth-order valence-electron chi connectivity index (χ4n) is 4.47. The summed E-state index contributed by atoms with van der Waals surface area (Å²) in [4.78, 5) is 28.5. The summed E-state index contributed by atoms with van der Waals surface area (Å²) in [6, 6.07) is 11.4. The molecule has 0 bridgehead atoms. The summed E-state index contributed by atoms with van der Waals surface area (Å²) < 4.78 is 26.4. The number of halogens is 2. The number of benzene rings is 2. The molecule has 0 aromatic heterocycles. The van der Waals surface area contributed by atoms with Crippen LogP contribution in [0.1, 0.15) is 50.2 Å². The van der Waals surface area contributed by atoms with Crippen LogP contribution in [-0.4, -0.2) is 50.0 Å². The van der Waals surface area contributed by atoms with Gasteiger partial charge in [0.25, 0.3) is 0 Å². The van der Waals surface area contributed by atoms with Crippen LogP contribution in [0.4, 0.5) is 5.69 Å². The standard InChI is InChI=1S/C26H33Cl2N3O4S/c1-4-24(26(33)29-22-7-5-6-8-22)30(16-19-11-9-18(2)10-12-19)25(32)17-31(36(3,34)35)23-14-20(27)13-21(28)15-23/h9-15,22,24H,4-8,16-17H2,1-3H3,(H,29,33)/t24-/m0/s1. The molecule has 3 rings (SSSR count). The molecule has 2 aromatic carbocycles. The molecule has 7 nitrogen and oxygen atoms in total. The fraction of sp³-hybridized carbons (Fsp3) is 0.462. The summed E-state index contributed by atoms with van der Waals surface area (Å²) in [5.74, 6) is -0.716. The minimum atomic E-state index is -3.86. The number of sulfonamides is 1. The zero-order valence-electron chi connectivity index (χ0n) is 20.8. The van der Waals surface area contributed by atoms with Gasteiger partial charge in [-0.15, -0.1) is 0 Å². The predicted molar refractivity (Wildman–Crippen MR) is 145 cm³/mol. The summed E-state index contributed by atoms with van der Waals surface area (Å²) in [5, 5.41) is 3.59. The molecule has 1 fully saturated rings. The average molecular weight is 555 g/mol. The van der Waals surface area contributed by atoms with Crippen LogP contribution in [0.2, 0.25) is 10.0 Å². The molecule has 2 aromatic rings. The molecule has 1 aliphatic rings. The number of nitrogens with one attached hydrogen (secondary N) is 1. The summed E-state index contributed by atoms with van der Waals surface area (Å²) >= 11 is 12.2. The number of carbonyl (C=O) groups is 2. The van der Waals surface area contributed by atoms with E-state index in [4.69, 9.17) is 23.2 Å². The highest BCUT2D eigenvalue weighted by Gasteiger charge is 2.33.